The van der Waals surface area contributed by atoms with Crippen molar-refractivity contribution in [1.29, 1.82) is 0 Å². The molecule has 3 aromatic rings. The van der Waals surface area contributed by atoms with Crippen LogP contribution >= 0.6 is 27.5 Å². The molecule has 0 amide bonds. The second-order valence-corrected chi connectivity index (χ2v) is 8.98. The van der Waals surface area contributed by atoms with Crippen LogP contribution in [0.2, 0.25) is 5.15 Å². The number of rotatable bonds is 7. The van der Waals surface area contributed by atoms with Gasteiger partial charge in [-0.05, 0) is 39.5 Å². The van der Waals surface area contributed by atoms with E-state index in [1.807, 2.05) is 36.4 Å². The molecular weight excluding hydrogens is 448 g/mol. The molecule has 0 aliphatic carbocycles. The van der Waals surface area contributed by atoms with Gasteiger partial charge in [-0.3, -0.25) is 0 Å². The summed E-state index contributed by atoms with van der Waals surface area (Å²) in [6.45, 7) is 0.303. The molecule has 2 aromatic carbocycles. The summed E-state index contributed by atoms with van der Waals surface area (Å²) in [6.07, 6.45) is 1.89. The van der Waals surface area contributed by atoms with E-state index in [0.29, 0.717) is 17.4 Å². The molecule has 0 fully saturated rings. The van der Waals surface area contributed by atoms with E-state index < -0.39 is 10.0 Å². The average Bonchev–Trinajstić information content (AvgIpc) is 2.68. The molecule has 27 heavy (non-hydrogen) atoms. The molecule has 0 spiro atoms. The zero-order valence-corrected chi connectivity index (χ0v) is 17.5. The first-order chi connectivity index (χ1) is 13.0. The van der Waals surface area contributed by atoms with Crippen molar-refractivity contribution < 1.29 is 8.42 Å². The van der Waals surface area contributed by atoms with Crippen molar-refractivity contribution in [3.05, 3.63) is 93.7 Å². The van der Waals surface area contributed by atoms with Crippen LogP contribution < -0.4 is 4.72 Å². The second kappa shape index (κ2) is 8.97. The highest BCUT2D eigenvalue weighted by Gasteiger charge is 2.18. The Hall–Kier alpha value is -1.73. The Bertz CT molecular complexity index is 960. The lowest BCUT2D eigenvalue weighted by Gasteiger charge is -2.18. The number of nitrogens with zero attached hydrogens (tertiary/aromatic N) is 1. The van der Waals surface area contributed by atoms with Gasteiger partial charge in [0.25, 0.3) is 0 Å². The maximum atomic E-state index is 12.5. The molecule has 1 N–H and O–H groups in total. The molecule has 0 saturated heterocycles. The van der Waals surface area contributed by atoms with Crippen molar-refractivity contribution in [2.45, 2.75) is 17.2 Å². The monoisotopic (exact) mass is 464 g/mol. The quantitative estimate of drug-likeness (QED) is 0.500. The van der Waals surface area contributed by atoms with Gasteiger partial charge in [-0.2, -0.15) is 0 Å². The van der Waals surface area contributed by atoms with E-state index in [0.717, 1.165) is 11.1 Å². The van der Waals surface area contributed by atoms with Crippen LogP contribution in [0, 0.1) is 0 Å². The molecule has 0 aliphatic rings. The Kier molecular flexibility index (Phi) is 6.65. The van der Waals surface area contributed by atoms with Gasteiger partial charge >= 0.3 is 0 Å². The molecule has 0 aliphatic heterocycles. The average molecular weight is 466 g/mol. The van der Waals surface area contributed by atoms with Gasteiger partial charge in [0.2, 0.25) is 10.0 Å². The van der Waals surface area contributed by atoms with Crippen LogP contribution in [0.25, 0.3) is 0 Å². The zero-order valence-electron chi connectivity index (χ0n) is 14.3. The molecule has 1 heterocycles. The Balaban J connectivity index is 1.75. The first-order valence-electron chi connectivity index (χ1n) is 8.38. The molecule has 7 heteroatoms. The van der Waals surface area contributed by atoms with Gasteiger partial charge in [-0.25, -0.2) is 18.1 Å². The minimum Gasteiger partial charge on any atom is -0.242 e. The van der Waals surface area contributed by atoms with Crippen LogP contribution in [0.4, 0.5) is 0 Å². The standard InChI is InChI=1S/C20H18BrClN2O2S/c21-19-13-17(14-23-20(19)22)27(25,26)24-12-11-18(15-7-3-1-4-8-15)16-9-5-2-6-10-16/h1-10,13-14,18,24H,11-12H2. The van der Waals surface area contributed by atoms with Crippen molar-refractivity contribution in [1.82, 2.24) is 9.71 Å². The van der Waals surface area contributed by atoms with Crippen LogP contribution in [0.1, 0.15) is 23.5 Å². The molecule has 0 atom stereocenters. The summed E-state index contributed by atoms with van der Waals surface area (Å²) >= 11 is 9.04. The van der Waals surface area contributed by atoms with Gasteiger partial charge in [-0.1, -0.05) is 72.3 Å². The third kappa shape index (κ3) is 5.17. The number of nitrogens with one attached hydrogen (secondary N) is 1. The van der Waals surface area contributed by atoms with E-state index in [1.54, 1.807) is 0 Å². The van der Waals surface area contributed by atoms with Crippen molar-refractivity contribution in [2.75, 3.05) is 6.54 Å². The number of benzene rings is 2. The fraction of sp³-hybridized carbons (Fsp3) is 0.150. The van der Waals surface area contributed by atoms with E-state index in [9.17, 15) is 8.42 Å². The summed E-state index contributed by atoms with van der Waals surface area (Å²) in [4.78, 5) is 3.96. The van der Waals surface area contributed by atoms with Gasteiger partial charge in [-0.15, -0.1) is 0 Å². The van der Waals surface area contributed by atoms with E-state index in [4.69, 9.17) is 11.6 Å². The highest BCUT2D eigenvalue weighted by Crippen LogP contribution is 2.28. The largest absolute Gasteiger partial charge is 0.242 e. The summed E-state index contributed by atoms with van der Waals surface area (Å²) < 4.78 is 28.2. The number of pyridine rings is 1. The minimum absolute atomic E-state index is 0.0785. The topological polar surface area (TPSA) is 59.1 Å². The summed E-state index contributed by atoms with van der Waals surface area (Å²) in [5.74, 6) is 0.102. The van der Waals surface area contributed by atoms with Crippen LogP contribution in [0.5, 0.6) is 0 Å². The third-order valence-electron chi connectivity index (χ3n) is 4.21. The second-order valence-electron chi connectivity index (χ2n) is 6.00. The fourth-order valence-corrected chi connectivity index (χ4v) is 4.49. The SMILES string of the molecule is O=S(=O)(NCCC(c1ccccc1)c1ccccc1)c1cnc(Cl)c(Br)c1. The highest BCUT2D eigenvalue weighted by atomic mass is 79.9. The molecule has 140 valence electrons. The Labute approximate surface area is 172 Å². The number of hydrogen-bond donors (Lipinski definition) is 1. The van der Waals surface area contributed by atoms with Gasteiger partial charge < -0.3 is 0 Å². The lowest BCUT2D eigenvalue weighted by Crippen LogP contribution is -2.26. The summed E-state index contributed by atoms with van der Waals surface area (Å²) in [7, 11) is -3.66. The van der Waals surface area contributed by atoms with Crippen LogP contribution in [0.3, 0.4) is 0 Å². The van der Waals surface area contributed by atoms with E-state index >= 15 is 0 Å². The Morgan fingerprint density at radius 3 is 2.07 bits per heavy atom. The van der Waals surface area contributed by atoms with Gasteiger partial charge in [0.15, 0.2) is 0 Å². The zero-order chi connectivity index (χ0) is 19.3. The van der Waals surface area contributed by atoms with Gasteiger partial charge in [0.05, 0.1) is 4.47 Å². The lowest BCUT2D eigenvalue weighted by molar-refractivity contribution is 0.574. The van der Waals surface area contributed by atoms with Gasteiger partial charge in [0.1, 0.15) is 10.0 Å². The maximum absolute atomic E-state index is 12.5. The minimum atomic E-state index is -3.66. The fourth-order valence-electron chi connectivity index (χ4n) is 2.87. The Morgan fingerprint density at radius 2 is 1.56 bits per heavy atom. The predicted molar refractivity (Wildman–Crippen MR) is 111 cm³/mol. The number of sulfonamides is 1. The smallest absolute Gasteiger partial charge is 0.242 e. The first-order valence-corrected chi connectivity index (χ1v) is 11.0. The van der Waals surface area contributed by atoms with Crippen LogP contribution in [-0.4, -0.2) is 19.9 Å². The number of halogens is 2. The normalized spacial score (nSPS) is 11.7. The highest BCUT2D eigenvalue weighted by molar-refractivity contribution is 9.10. The van der Waals surface area contributed by atoms with E-state index in [-0.39, 0.29) is 16.0 Å². The summed E-state index contributed by atoms with van der Waals surface area (Å²) in [5.41, 5.74) is 2.30. The third-order valence-corrected chi connectivity index (χ3v) is 6.77. The molecule has 0 unspecified atom stereocenters. The molecule has 4 nitrogen and oxygen atoms in total. The number of hydrogen-bond acceptors (Lipinski definition) is 3. The van der Waals surface area contributed by atoms with Crippen molar-refractivity contribution in [3.63, 3.8) is 0 Å². The van der Waals surface area contributed by atoms with Crippen molar-refractivity contribution >= 4 is 37.6 Å². The molecular formula is C20H18BrClN2O2S. The van der Waals surface area contributed by atoms with Crippen LogP contribution in [0.15, 0.2) is 82.3 Å². The summed E-state index contributed by atoms with van der Waals surface area (Å²) in [6, 6.07) is 21.6. The first kappa shape index (κ1) is 20.0. The molecule has 3 rings (SSSR count). The lowest BCUT2D eigenvalue weighted by atomic mass is 9.89. The Morgan fingerprint density at radius 1 is 1.00 bits per heavy atom. The molecule has 1 aromatic heterocycles. The molecule has 0 bridgehead atoms. The van der Waals surface area contributed by atoms with Crippen molar-refractivity contribution in [3.8, 4) is 0 Å². The van der Waals surface area contributed by atoms with E-state index in [2.05, 4.69) is 49.9 Å². The van der Waals surface area contributed by atoms with E-state index in [1.165, 1.54) is 12.3 Å². The maximum Gasteiger partial charge on any atom is 0.242 e. The summed E-state index contributed by atoms with van der Waals surface area (Å²) in [5, 5.41) is 0.224. The molecule has 0 saturated carbocycles. The van der Waals surface area contributed by atoms with Gasteiger partial charge in [0, 0.05) is 18.7 Å². The predicted octanol–water partition coefficient (Wildman–Crippen LogP) is 5.00. The van der Waals surface area contributed by atoms with Crippen LogP contribution in [-0.2, 0) is 10.0 Å². The number of aromatic nitrogens is 1. The van der Waals surface area contributed by atoms with Crippen molar-refractivity contribution in [2.24, 2.45) is 0 Å². The molecule has 0 radical (unpaired) electrons.